The van der Waals surface area contributed by atoms with E-state index in [0.717, 1.165) is 16.8 Å². The van der Waals surface area contributed by atoms with Crippen LogP contribution in [-0.4, -0.2) is 64.1 Å². The number of ether oxygens (including phenoxy) is 1. The zero-order valence-electron chi connectivity index (χ0n) is 24.8. The van der Waals surface area contributed by atoms with Gasteiger partial charge in [0.05, 0.1) is 18.7 Å². The van der Waals surface area contributed by atoms with E-state index >= 15 is 0 Å². The molecule has 4 rings (SSSR count). The Bertz CT molecular complexity index is 1440. The first-order valence-electron chi connectivity index (χ1n) is 14.3. The van der Waals surface area contributed by atoms with Gasteiger partial charge in [0.25, 0.3) is 5.91 Å². The quantitative estimate of drug-likeness (QED) is 0.205. The molecule has 3 aromatic carbocycles. The minimum atomic E-state index is -1.20. The summed E-state index contributed by atoms with van der Waals surface area (Å²) < 4.78 is 13.4. The standard InChI is InChI=1S/C32H35N3O7S/c1-20(2)28(32(40)41)34-26(37)17-33-27(38)18-42-24-15-13-22(14-16-24)29-30(31(39)35(29)23-11-7-4-8-12-23)43-19-25(36)21-9-5-3-6-10-21/h3-16,20,25,28-30,36H,17-19H2,1-2H3,(H,33,38)(H,34,37)(H,40,41)/t25?,28-,29+,30+/m0/s1/i/hD. The van der Waals surface area contributed by atoms with Crippen molar-refractivity contribution < 1.29 is 35.5 Å². The number of carbonyl (C=O) groups is 4. The summed E-state index contributed by atoms with van der Waals surface area (Å²) in [5.74, 6) is -2.47. The number of nitrogens with one attached hydrogen (secondary N) is 2. The molecule has 226 valence electrons. The molecule has 43 heavy (non-hydrogen) atoms. The van der Waals surface area contributed by atoms with Gasteiger partial charge in [0, 0.05) is 11.4 Å². The van der Waals surface area contributed by atoms with Gasteiger partial charge in [0.2, 0.25) is 11.8 Å². The van der Waals surface area contributed by atoms with Crippen LogP contribution in [0.2, 0.25) is 1.41 Å². The molecule has 3 amide bonds. The lowest BCUT2D eigenvalue weighted by Crippen LogP contribution is -2.57. The van der Waals surface area contributed by atoms with Crippen LogP contribution in [0.3, 0.4) is 0 Å². The molecule has 1 unspecified atom stereocenters. The van der Waals surface area contributed by atoms with E-state index in [1.54, 1.807) is 43.0 Å². The fourth-order valence-corrected chi connectivity index (χ4v) is 5.94. The van der Waals surface area contributed by atoms with Crippen molar-refractivity contribution in [3.8, 4) is 5.75 Å². The lowest BCUT2D eigenvalue weighted by atomic mass is 9.92. The maximum atomic E-state index is 13.3. The normalized spacial score (nSPS) is 17.8. The molecule has 1 fully saturated rings. The summed E-state index contributed by atoms with van der Waals surface area (Å²) in [5.41, 5.74) is 2.39. The summed E-state index contributed by atoms with van der Waals surface area (Å²) in [6.45, 7) is 2.13. The van der Waals surface area contributed by atoms with Gasteiger partial charge in [-0.05, 0) is 41.3 Å². The molecule has 1 aliphatic rings. The third kappa shape index (κ3) is 8.14. The second-order valence-electron chi connectivity index (χ2n) is 10.4. The average Bonchev–Trinajstić information content (AvgIpc) is 3.02. The molecule has 11 heteroatoms. The molecule has 0 radical (unpaired) electrons. The van der Waals surface area contributed by atoms with E-state index in [1.807, 2.05) is 60.7 Å². The van der Waals surface area contributed by atoms with Gasteiger partial charge in [0.1, 0.15) is 17.0 Å². The third-order valence-electron chi connectivity index (χ3n) is 6.93. The van der Waals surface area contributed by atoms with Crippen molar-refractivity contribution in [2.75, 3.05) is 23.8 Å². The van der Waals surface area contributed by atoms with E-state index in [1.165, 1.54) is 11.8 Å². The number of nitrogens with zero attached hydrogens (tertiary/aromatic N) is 1. The predicted molar refractivity (Wildman–Crippen MR) is 164 cm³/mol. The summed E-state index contributed by atoms with van der Waals surface area (Å²) >= 11 is 1.40. The first-order chi connectivity index (χ1) is 21.1. The number of anilines is 1. The van der Waals surface area contributed by atoms with Gasteiger partial charge in [-0.1, -0.05) is 74.5 Å². The summed E-state index contributed by atoms with van der Waals surface area (Å²) in [5, 5.41) is 22.2. The van der Waals surface area contributed by atoms with E-state index in [0.29, 0.717) is 16.8 Å². The first kappa shape index (κ1) is 30.1. The topological polar surface area (TPSA) is 145 Å². The van der Waals surface area contributed by atoms with Crippen LogP contribution in [0.4, 0.5) is 5.69 Å². The number of hydrogen-bond donors (Lipinski definition) is 4. The Morgan fingerprint density at radius 3 is 2.21 bits per heavy atom. The van der Waals surface area contributed by atoms with Crippen LogP contribution in [0.25, 0.3) is 0 Å². The maximum absolute atomic E-state index is 13.3. The Kier molecular flexibility index (Phi) is 10.3. The fourth-order valence-electron chi connectivity index (χ4n) is 4.64. The van der Waals surface area contributed by atoms with Crippen LogP contribution in [0.5, 0.6) is 5.75 Å². The molecule has 1 aliphatic heterocycles. The number of para-hydroxylation sites is 1. The van der Waals surface area contributed by atoms with Gasteiger partial charge in [0.15, 0.2) is 8.02 Å². The van der Waals surface area contributed by atoms with E-state index in [9.17, 15) is 29.4 Å². The summed E-state index contributed by atoms with van der Waals surface area (Å²) in [6, 6.07) is 24.1. The highest BCUT2D eigenvalue weighted by Gasteiger charge is 2.49. The molecule has 4 atom stereocenters. The first-order valence-corrected chi connectivity index (χ1v) is 14.9. The van der Waals surface area contributed by atoms with E-state index in [2.05, 4.69) is 5.32 Å². The molecule has 1 saturated heterocycles. The predicted octanol–water partition coefficient (Wildman–Crippen LogP) is 3.33. The molecule has 4 N–H and O–H groups in total. The number of amides is 3. The smallest absolute Gasteiger partial charge is 0.326 e. The Morgan fingerprint density at radius 1 is 0.977 bits per heavy atom. The van der Waals surface area contributed by atoms with Gasteiger partial charge in [-0.2, -0.15) is 0 Å². The van der Waals surface area contributed by atoms with Crippen molar-refractivity contribution in [1.29, 1.82) is 0 Å². The number of benzene rings is 3. The van der Waals surface area contributed by atoms with Crippen molar-refractivity contribution in [3.05, 3.63) is 96.1 Å². The molecule has 3 aromatic rings. The zero-order chi connectivity index (χ0) is 31.8. The number of carbonyl (C=O) groups excluding carboxylic acids is 3. The van der Waals surface area contributed by atoms with E-state index in [4.69, 9.17) is 6.15 Å². The molecular formula is C32H35N3O7S. The highest BCUT2D eigenvalue weighted by Crippen LogP contribution is 2.46. The second-order valence-corrected chi connectivity index (χ2v) is 11.5. The molecule has 1 heterocycles. The summed E-state index contributed by atoms with van der Waals surface area (Å²) in [6.07, 6.45) is -0.717. The number of aliphatic hydroxyl groups is 1. The summed E-state index contributed by atoms with van der Waals surface area (Å²) in [4.78, 5) is 50.8. The minimum absolute atomic E-state index is 0.0555. The Balaban J connectivity index is 1.37. The Labute approximate surface area is 255 Å². The fraction of sp³-hybridized carbons (Fsp3) is 0.312. The number of carboxylic acid groups (broad SMARTS) is 1. The lowest BCUT2D eigenvalue weighted by Gasteiger charge is -2.47. The number of aliphatic carboxylic acids is 1. The van der Waals surface area contributed by atoms with Crippen LogP contribution in [0, 0.1) is 5.92 Å². The van der Waals surface area contributed by atoms with Crippen molar-refractivity contribution in [1.82, 2.24) is 10.6 Å². The van der Waals surface area contributed by atoms with Gasteiger partial charge in [-0.25, -0.2) is 4.79 Å². The Hall–Kier alpha value is -4.35. The SMILES string of the molecule is [2H]N(CC(=O)N[C@H](C(=O)O)C(C)C)C(=O)COc1ccc([C@@H]2[C@@H](SCC(O)c3ccccc3)C(=O)N2c2ccccc2)cc1. The van der Waals surface area contributed by atoms with Crippen LogP contribution in [0.15, 0.2) is 84.9 Å². The second kappa shape index (κ2) is 14.7. The molecule has 0 bridgehead atoms. The van der Waals surface area contributed by atoms with E-state index < -0.39 is 48.3 Å². The van der Waals surface area contributed by atoms with Crippen molar-refractivity contribution >= 4 is 41.1 Å². The summed E-state index contributed by atoms with van der Waals surface area (Å²) in [7, 11) is 0. The minimum Gasteiger partial charge on any atom is -0.484 e. The number of hydrogen-bond acceptors (Lipinski definition) is 7. The van der Waals surface area contributed by atoms with Crippen molar-refractivity contribution in [2.24, 2.45) is 5.92 Å². The highest BCUT2D eigenvalue weighted by atomic mass is 32.2. The highest BCUT2D eigenvalue weighted by molar-refractivity contribution is 8.00. The van der Waals surface area contributed by atoms with Gasteiger partial charge in [-0.3, -0.25) is 14.4 Å². The maximum Gasteiger partial charge on any atom is 0.326 e. The lowest BCUT2D eigenvalue weighted by molar-refractivity contribution is -0.143. The van der Waals surface area contributed by atoms with Gasteiger partial charge in [-0.15, -0.1) is 11.8 Å². The monoisotopic (exact) mass is 606 g/mol. The largest absolute Gasteiger partial charge is 0.484 e. The number of β-lactam (4-membered cyclic amide) rings is 1. The number of aliphatic hydroxyl groups excluding tert-OH is 1. The molecular weight excluding hydrogens is 570 g/mol. The molecule has 0 aromatic heterocycles. The van der Waals surface area contributed by atoms with Gasteiger partial charge < -0.3 is 30.5 Å². The Morgan fingerprint density at radius 2 is 1.60 bits per heavy atom. The number of thioether (sulfide) groups is 1. The molecule has 0 spiro atoms. The molecule has 10 nitrogen and oxygen atoms in total. The van der Waals surface area contributed by atoms with Crippen LogP contribution < -0.4 is 20.3 Å². The van der Waals surface area contributed by atoms with E-state index in [-0.39, 0.29) is 17.9 Å². The number of carboxylic acids is 1. The van der Waals surface area contributed by atoms with Crippen LogP contribution in [0.1, 0.15) is 37.1 Å². The average molecular weight is 607 g/mol. The molecule has 0 saturated carbocycles. The molecule has 0 aliphatic carbocycles. The van der Waals surface area contributed by atoms with Crippen molar-refractivity contribution in [3.63, 3.8) is 0 Å². The van der Waals surface area contributed by atoms with Crippen LogP contribution in [-0.2, 0) is 19.2 Å². The third-order valence-corrected chi connectivity index (χ3v) is 8.26. The van der Waals surface area contributed by atoms with Gasteiger partial charge >= 0.3 is 5.97 Å². The van der Waals surface area contributed by atoms with Crippen molar-refractivity contribution in [2.45, 2.75) is 37.3 Å². The number of rotatable bonds is 14. The zero-order valence-corrected chi connectivity index (χ0v) is 24.6. The van der Waals surface area contributed by atoms with Crippen LogP contribution >= 0.6 is 11.8 Å².